The molecule has 0 fully saturated rings. The molecule has 0 spiro atoms. The van der Waals surface area contributed by atoms with E-state index >= 15 is 0 Å². The van der Waals surface area contributed by atoms with E-state index in [0.29, 0.717) is 5.02 Å². The van der Waals surface area contributed by atoms with Gasteiger partial charge < -0.3 is 5.32 Å². The highest BCUT2D eigenvalue weighted by atomic mass is 35.5. The quantitative estimate of drug-likeness (QED) is 0.902. The van der Waals surface area contributed by atoms with E-state index < -0.39 is 0 Å². The van der Waals surface area contributed by atoms with Crippen molar-refractivity contribution in [3.63, 3.8) is 0 Å². The van der Waals surface area contributed by atoms with Crippen LogP contribution in [0.2, 0.25) is 5.02 Å². The number of nitrogens with one attached hydrogen (secondary N) is 1. The van der Waals surface area contributed by atoms with Crippen LogP contribution in [0.25, 0.3) is 5.82 Å². The summed E-state index contributed by atoms with van der Waals surface area (Å²) in [5.41, 5.74) is 2.16. The summed E-state index contributed by atoms with van der Waals surface area (Å²) in [6, 6.07) is 0. The van der Waals surface area contributed by atoms with Gasteiger partial charge in [0.25, 0.3) is 0 Å². The lowest BCUT2D eigenvalue weighted by molar-refractivity contribution is 0.680. The monoisotopic (exact) mass is 253 g/mol. The molecule has 2 rings (SSSR count). The smallest absolute Gasteiger partial charge is 0.156 e. The summed E-state index contributed by atoms with van der Waals surface area (Å²) in [5, 5.41) is 12.6. The van der Waals surface area contributed by atoms with Crippen LogP contribution in [0.5, 0.6) is 0 Å². The zero-order valence-corrected chi connectivity index (χ0v) is 11.0. The summed E-state index contributed by atoms with van der Waals surface area (Å²) in [5.74, 6) is 0.954. The van der Waals surface area contributed by atoms with Crippen molar-refractivity contribution in [1.29, 1.82) is 0 Å². The summed E-state index contributed by atoms with van der Waals surface area (Å²) < 4.78 is 3.58. The summed E-state index contributed by atoms with van der Waals surface area (Å²) in [4.78, 5) is 0. The average Bonchev–Trinajstić information content (AvgIpc) is 2.80. The molecule has 0 amide bonds. The molecule has 17 heavy (non-hydrogen) atoms. The van der Waals surface area contributed by atoms with Crippen molar-refractivity contribution in [2.75, 3.05) is 6.54 Å². The number of halogens is 1. The maximum absolute atomic E-state index is 5.90. The molecular formula is C11H16ClN5. The molecule has 1 N–H and O–H groups in total. The molecular weight excluding hydrogens is 238 g/mol. The van der Waals surface area contributed by atoms with Crippen LogP contribution in [0.4, 0.5) is 0 Å². The van der Waals surface area contributed by atoms with E-state index in [9.17, 15) is 0 Å². The van der Waals surface area contributed by atoms with E-state index in [1.807, 2.05) is 18.7 Å². The first-order valence-electron chi connectivity index (χ1n) is 5.57. The van der Waals surface area contributed by atoms with Crippen molar-refractivity contribution in [2.24, 2.45) is 7.05 Å². The van der Waals surface area contributed by atoms with Gasteiger partial charge in [-0.1, -0.05) is 18.5 Å². The SMILES string of the molecule is CCNCc1c(C)nn(C)c1-n1cc(Cl)cn1. The molecule has 0 bridgehead atoms. The minimum atomic E-state index is 0.623. The second-order valence-corrected chi connectivity index (χ2v) is 4.33. The molecule has 0 aliphatic rings. The fourth-order valence-electron chi connectivity index (χ4n) is 1.85. The first-order chi connectivity index (χ1) is 8.13. The molecule has 0 saturated carbocycles. The Balaban J connectivity index is 2.44. The number of rotatable bonds is 4. The Labute approximate surface area is 105 Å². The van der Waals surface area contributed by atoms with Crippen molar-refractivity contribution in [2.45, 2.75) is 20.4 Å². The molecule has 0 radical (unpaired) electrons. The molecule has 0 aliphatic carbocycles. The van der Waals surface area contributed by atoms with Crippen LogP contribution in [0.15, 0.2) is 12.4 Å². The molecule has 2 aromatic heterocycles. The standard InChI is InChI=1S/C11H16ClN5/c1-4-13-6-10-8(2)15-16(3)11(10)17-7-9(12)5-14-17/h5,7,13H,4,6H2,1-3H3. The number of aryl methyl sites for hydroxylation is 2. The van der Waals surface area contributed by atoms with Gasteiger partial charge in [0.1, 0.15) is 0 Å². The van der Waals surface area contributed by atoms with Crippen molar-refractivity contribution in [3.05, 3.63) is 28.7 Å². The Bertz CT molecular complexity index is 514. The molecule has 92 valence electrons. The predicted octanol–water partition coefficient (Wildman–Crippen LogP) is 1.68. The third kappa shape index (κ3) is 2.35. The molecule has 2 aromatic rings. The molecule has 0 unspecified atom stereocenters. The van der Waals surface area contributed by atoms with Crippen molar-refractivity contribution >= 4 is 11.6 Å². The fourth-order valence-corrected chi connectivity index (χ4v) is 1.99. The lowest BCUT2D eigenvalue weighted by Gasteiger charge is -2.06. The largest absolute Gasteiger partial charge is 0.313 e. The number of aromatic nitrogens is 4. The molecule has 5 nitrogen and oxygen atoms in total. The van der Waals surface area contributed by atoms with Crippen LogP contribution < -0.4 is 5.32 Å². The van der Waals surface area contributed by atoms with Gasteiger partial charge in [-0.05, 0) is 13.5 Å². The van der Waals surface area contributed by atoms with Crippen LogP contribution in [0, 0.1) is 6.92 Å². The van der Waals surface area contributed by atoms with Gasteiger partial charge in [-0.3, -0.25) is 4.68 Å². The van der Waals surface area contributed by atoms with Crippen LogP contribution in [-0.4, -0.2) is 26.1 Å². The summed E-state index contributed by atoms with van der Waals surface area (Å²) in [6.45, 7) is 5.79. The molecule has 0 aliphatic heterocycles. The minimum absolute atomic E-state index is 0.623. The summed E-state index contributed by atoms with van der Waals surface area (Å²) in [7, 11) is 1.91. The van der Waals surface area contributed by atoms with Gasteiger partial charge in [-0.25, -0.2) is 4.68 Å². The Morgan fingerprint density at radius 2 is 2.24 bits per heavy atom. The van der Waals surface area contributed by atoms with Crippen LogP contribution >= 0.6 is 11.6 Å². The zero-order valence-electron chi connectivity index (χ0n) is 10.2. The van der Waals surface area contributed by atoms with Gasteiger partial charge in [0, 0.05) is 19.2 Å². The molecule has 2 heterocycles. The van der Waals surface area contributed by atoms with Crippen LogP contribution in [0.1, 0.15) is 18.2 Å². The zero-order chi connectivity index (χ0) is 12.4. The predicted molar refractivity (Wildman–Crippen MR) is 67.5 cm³/mol. The van der Waals surface area contributed by atoms with Crippen molar-refractivity contribution < 1.29 is 0 Å². The Hall–Kier alpha value is -1.33. The fraction of sp³-hybridized carbons (Fsp3) is 0.455. The minimum Gasteiger partial charge on any atom is -0.313 e. The van der Waals surface area contributed by atoms with Crippen LogP contribution in [-0.2, 0) is 13.6 Å². The van der Waals surface area contributed by atoms with E-state index in [4.69, 9.17) is 11.6 Å². The van der Waals surface area contributed by atoms with E-state index in [1.165, 1.54) is 0 Å². The summed E-state index contributed by atoms with van der Waals surface area (Å²) >= 11 is 5.90. The van der Waals surface area contributed by atoms with E-state index in [0.717, 1.165) is 30.2 Å². The van der Waals surface area contributed by atoms with Gasteiger partial charge in [-0.15, -0.1) is 0 Å². The Morgan fingerprint density at radius 3 is 2.82 bits per heavy atom. The number of hydrogen-bond acceptors (Lipinski definition) is 3. The average molecular weight is 254 g/mol. The van der Waals surface area contributed by atoms with Gasteiger partial charge in [0.15, 0.2) is 5.82 Å². The third-order valence-corrected chi connectivity index (χ3v) is 2.83. The second-order valence-electron chi connectivity index (χ2n) is 3.89. The molecule has 0 atom stereocenters. The molecule has 0 aromatic carbocycles. The lowest BCUT2D eigenvalue weighted by Crippen LogP contribution is -2.15. The van der Waals surface area contributed by atoms with Crippen LogP contribution in [0.3, 0.4) is 0 Å². The van der Waals surface area contributed by atoms with Gasteiger partial charge in [0.2, 0.25) is 0 Å². The first kappa shape index (κ1) is 12.1. The van der Waals surface area contributed by atoms with E-state index in [2.05, 4.69) is 22.4 Å². The van der Waals surface area contributed by atoms with E-state index in [1.54, 1.807) is 17.1 Å². The maximum atomic E-state index is 5.90. The van der Waals surface area contributed by atoms with Crippen molar-refractivity contribution in [1.82, 2.24) is 24.9 Å². The highest BCUT2D eigenvalue weighted by Crippen LogP contribution is 2.18. The highest BCUT2D eigenvalue weighted by Gasteiger charge is 2.15. The molecule has 6 heteroatoms. The van der Waals surface area contributed by atoms with Gasteiger partial charge in [-0.2, -0.15) is 10.2 Å². The number of nitrogens with zero attached hydrogens (tertiary/aromatic N) is 4. The first-order valence-corrected chi connectivity index (χ1v) is 5.95. The Kier molecular flexibility index (Phi) is 3.49. The van der Waals surface area contributed by atoms with E-state index in [-0.39, 0.29) is 0 Å². The van der Waals surface area contributed by atoms with Gasteiger partial charge in [0.05, 0.1) is 23.1 Å². The lowest BCUT2D eigenvalue weighted by atomic mass is 10.2. The van der Waals surface area contributed by atoms with Gasteiger partial charge >= 0.3 is 0 Å². The van der Waals surface area contributed by atoms with Crippen molar-refractivity contribution in [3.8, 4) is 5.82 Å². The highest BCUT2D eigenvalue weighted by molar-refractivity contribution is 6.30. The number of hydrogen-bond donors (Lipinski definition) is 1. The third-order valence-electron chi connectivity index (χ3n) is 2.63. The molecule has 0 saturated heterocycles. The Morgan fingerprint density at radius 1 is 1.47 bits per heavy atom. The summed E-state index contributed by atoms with van der Waals surface area (Å²) in [6.07, 6.45) is 3.41. The normalized spacial score (nSPS) is 11.1. The second kappa shape index (κ2) is 4.89. The maximum Gasteiger partial charge on any atom is 0.156 e. The topological polar surface area (TPSA) is 47.7 Å².